The van der Waals surface area contributed by atoms with Gasteiger partial charge >= 0.3 is 6.36 Å². The maximum Gasteiger partial charge on any atom is 0.573 e. The summed E-state index contributed by atoms with van der Waals surface area (Å²) in [4.78, 5) is 0. The predicted octanol–water partition coefficient (Wildman–Crippen LogP) is 2.26. The number of benzene rings is 1. The summed E-state index contributed by atoms with van der Waals surface area (Å²) in [6.07, 6.45) is -4.84. The molecular formula is C15H20F3NO3. The first kappa shape index (κ1) is 17.1. The second kappa shape index (κ2) is 6.85. The maximum absolute atomic E-state index is 12.5. The van der Waals surface area contributed by atoms with E-state index in [1.165, 1.54) is 18.2 Å². The van der Waals surface area contributed by atoms with Crippen LogP contribution in [0.4, 0.5) is 13.2 Å². The highest BCUT2D eigenvalue weighted by Crippen LogP contribution is 2.32. The molecule has 0 spiro atoms. The van der Waals surface area contributed by atoms with Gasteiger partial charge in [-0.3, -0.25) is 0 Å². The van der Waals surface area contributed by atoms with Gasteiger partial charge in [0.05, 0.1) is 18.3 Å². The number of para-hydroxylation sites is 1. The van der Waals surface area contributed by atoms with Crippen LogP contribution in [0.15, 0.2) is 24.3 Å². The Kier molecular flexibility index (Phi) is 5.31. The summed E-state index contributed by atoms with van der Waals surface area (Å²) in [5.74, 6) is -0.286. The van der Waals surface area contributed by atoms with Crippen molar-refractivity contribution < 1.29 is 27.8 Å². The number of rotatable bonds is 5. The molecule has 4 nitrogen and oxygen atoms in total. The van der Waals surface area contributed by atoms with Gasteiger partial charge in [0, 0.05) is 19.5 Å². The summed E-state index contributed by atoms with van der Waals surface area (Å²) in [5.41, 5.74) is -0.947. The number of ether oxygens (including phenoxy) is 2. The van der Waals surface area contributed by atoms with Gasteiger partial charge in [-0.1, -0.05) is 25.1 Å². The van der Waals surface area contributed by atoms with Gasteiger partial charge in [0.2, 0.25) is 0 Å². The van der Waals surface area contributed by atoms with Gasteiger partial charge in [0.25, 0.3) is 0 Å². The predicted molar refractivity (Wildman–Crippen MR) is 74.7 cm³/mol. The van der Waals surface area contributed by atoms with Crippen LogP contribution in [0.1, 0.15) is 18.9 Å². The van der Waals surface area contributed by atoms with Crippen molar-refractivity contribution in [1.29, 1.82) is 0 Å². The van der Waals surface area contributed by atoms with Gasteiger partial charge < -0.3 is 19.9 Å². The van der Waals surface area contributed by atoms with Crippen LogP contribution in [0.5, 0.6) is 5.75 Å². The van der Waals surface area contributed by atoms with E-state index < -0.39 is 18.1 Å². The second-order valence-electron chi connectivity index (χ2n) is 5.35. The number of halogens is 3. The summed E-state index contributed by atoms with van der Waals surface area (Å²) in [7, 11) is 0. The molecule has 7 heteroatoms. The Balaban J connectivity index is 2.20. The largest absolute Gasteiger partial charge is 0.573 e. The topological polar surface area (TPSA) is 50.7 Å². The molecule has 1 aliphatic rings. The minimum absolute atomic E-state index is 0.0299. The lowest BCUT2D eigenvalue weighted by Crippen LogP contribution is -2.54. The van der Waals surface area contributed by atoms with E-state index >= 15 is 0 Å². The molecule has 0 aromatic heterocycles. The zero-order valence-electron chi connectivity index (χ0n) is 12.3. The zero-order valence-corrected chi connectivity index (χ0v) is 12.3. The lowest BCUT2D eigenvalue weighted by Gasteiger charge is -2.38. The molecular weight excluding hydrogens is 299 g/mol. The molecule has 2 unspecified atom stereocenters. The third kappa shape index (κ3) is 4.34. The summed E-state index contributed by atoms with van der Waals surface area (Å²) < 4.78 is 47.0. The van der Waals surface area contributed by atoms with Gasteiger partial charge in [-0.05, 0) is 18.1 Å². The molecule has 1 fully saturated rings. The van der Waals surface area contributed by atoms with Gasteiger partial charge in [0.15, 0.2) is 0 Å². The number of nitrogens with one attached hydrogen (secondary N) is 1. The highest BCUT2D eigenvalue weighted by Gasteiger charge is 2.39. The molecule has 1 aromatic carbocycles. The van der Waals surface area contributed by atoms with Crippen molar-refractivity contribution in [3.05, 3.63) is 29.8 Å². The SMILES string of the molecule is CCC(O)(Cc1ccccc1OC(F)(F)F)C1CNCCO1. The highest BCUT2D eigenvalue weighted by atomic mass is 19.4. The van der Waals surface area contributed by atoms with Crippen LogP contribution in [-0.2, 0) is 11.2 Å². The van der Waals surface area contributed by atoms with E-state index in [0.29, 0.717) is 31.7 Å². The first-order valence-corrected chi connectivity index (χ1v) is 7.22. The van der Waals surface area contributed by atoms with Crippen molar-refractivity contribution in [3.63, 3.8) is 0 Å². The van der Waals surface area contributed by atoms with Gasteiger partial charge in [-0.25, -0.2) is 0 Å². The molecule has 1 heterocycles. The van der Waals surface area contributed by atoms with E-state index in [1.54, 1.807) is 13.0 Å². The molecule has 0 bridgehead atoms. The van der Waals surface area contributed by atoms with Crippen LogP contribution in [-0.4, -0.2) is 42.9 Å². The summed E-state index contributed by atoms with van der Waals surface area (Å²) in [5, 5.41) is 13.9. The maximum atomic E-state index is 12.5. The van der Waals surface area contributed by atoms with E-state index in [1.807, 2.05) is 0 Å². The molecule has 22 heavy (non-hydrogen) atoms. The molecule has 1 aromatic rings. The average Bonchev–Trinajstić information content (AvgIpc) is 2.48. The lowest BCUT2D eigenvalue weighted by atomic mass is 9.85. The molecule has 2 atom stereocenters. The van der Waals surface area contributed by atoms with Crippen molar-refractivity contribution in [1.82, 2.24) is 5.32 Å². The molecule has 1 aliphatic heterocycles. The Labute approximate surface area is 127 Å². The van der Waals surface area contributed by atoms with Crippen LogP contribution < -0.4 is 10.1 Å². The number of morpholine rings is 1. The van der Waals surface area contributed by atoms with Crippen LogP contribution >= 0.6 is 0 Å². The molecule has 0 amide bonds. The minimum Gasteiger partial charge on any atom is -0.406 e. The first-order chi connectivity index (χ1) is 10.3. The van der Waals surface area contributed by atoms with E-state index in [-0.39, 0.29) is 12.2 Å². The second-order valence-corrected chi connectivity index (χ2v) is 5.35. The molecule has 0 aliphatic carbocycles. The van der Waals surface area contributed by atoms with Crippen LogP contribution in [0.25, 0.3) is 0 Å². The molecule has 0 saturated carbocycles. The van der Waals surface area contributed by atoms with E-state index in [0.717, 1.165) is 0 Å². The fraction of sp³-hybridized carbons (Fsp3) is 0.600. The van der Waals surface area contributed by atoms with Crippen molar-refractivity contribution in [3.8, 4) is 5.75 Å². The van der Waals surface area contributed by atoms with Gasteiger partial charge in [-0.2, -0.15) is 0 Å². The molecule has 2 rings (SSSR count). The van der Waals surface area contributed by atoms with Gasteiger partial charge in [0.1, 0.15) is 5.75 Å². The number of hydrogen-bond donors (Lipinski definition) is 2. The van der Waals surface area contributed by atoms with Gasteiger partial charge in [-0.15, -0.1) is 13.2 Å². The fourth-order valence-electron chi connectivity index (χ4n) is 2.58. The quantitative estimate of drug-likeness (QED) is 0.874. The van der Waals surface area contributed by atoms with Crippen LogP contribution in [0, 0.1) is 0 Å². The minimum atomic E-state index is -4.76. The zero-order chi connectivity index (χ0) is 16.2. The standard InChI is InChI=1S/C15H20F3NO3/c1-2-14(20,13-10-19-7-8-21-13)9-11-5-3-4-6-12(11)22-15(16,17)18/h3-6,13,19-20H,2,7-10H2,1H3. The van der Waals surface area contributed by atoms with E-state index in [9.17, 15) is 18.3 Å². The first-order valence-electron chi connectivity index (χ1n) is 7.22. The van der Waals surface area contributed by atoms with Crippen molar-refractivity contribution in [2.45, 2.75) is 37.8 Å². The Morgan fingerprint density at radius 1 is 1.36 bits per heavy atom. The Hall–Kier alpha value is -1.31. The smallest absolute Gasteiger partial charge is 0.406 e. The Bertz CT molecular complexity index is 489. The summed E-state index contributed by atoms with van der Waals surface area (Å²) >= 11 is 0. The molecule has 124 valence electrons. The average molecular weight is 319 g/mol. The van der Waals surface area contributed by atoms with E-state index in [2.05, 4.69) is 10.1 Å². The monoisotopic (exact) mass is 319 g/mol. The molecule has 0 radical (unpaired) electrons. The number of hydrogen-bond acceptors (Lipinski definition) is 4. The van der Waals surface area contributed by atoms with Crippen molar-refractivity contribution in [2.75, 3.05) is 19.7 Å². The fourth-order valence-corrected chi connectivity index (χ4v) is 2.58. The number of alkyl halides is 3. The summed E-state index contributed by atoms with van der Waals surface area (Å²) in [6, 6.07) is 5.86. The third-order valence-electron chi connectivity index (χ3n) is 3.83. The molecule has 1 saturated heterocycles. The summed E-state index contributed by atoms with van der Waals surface area (Å²) in [6.45, 7) is 3.41. The third-order valence-corrected chi connectivity index (χ3v) is 3.83. The number of aliphatic hydroxyl groups is 1. The van der Waals surface area contributed by atoms with Crippen molar-refractivity contribution >= 4 is 0 Å². The lowest BCUT2D eigenvalue weighted by molar-refractivity contribution is -0.275. The van der Waals surface area contributed by atoms with Crippen LogP contribution in [0.3, 0.4) is 0 Å². The van der Waals surface area contributed by atoms with E-state index in [4.69, 9.17) is 4.74 Å². The molecule has 2 N–H and O–H groups in total. The normalized spacial score (nSPS) is 22.1. The van der Waals surface area contributed by atoms with Crippen LogP contribution in [0.2, 0.25) is 0 Å². The highest BCUT2D eigenvalue weighted by molar-refractivity contribution is 5.35. The van der Waals surface area contributed by atoms with Crippen molar-refractivity contribution in [2.24, 2.45) is 0 Å². The Morgan fingerprint density at radius 2 is 2.09 bits per heavy atom. The Morgan fingerprint density at radius 3 is 2.68 bits per heavy atom.